The summed E-state index contributed by atoms with van der Waals surface area (Å²) in [4.78, 5) is 0. The van der Waals surface area contributed by atoms with E-state index < -0.39 is 0 Å². The maximum absolute atomic E-state index is 8.92. The maximum Gasteiger partial charge on any atom is 0.0991 e. The van der Waals surface area contributed by atoms with Crippen molar-refractivity contribution in [3.05, 3.63) is 58.7 Å². The van der Waals surface area contributed by atoms with E-state index in [-0.39, 0.29) is 0 Å². The van der Waals surface area contributed by atoms with Gasteiger partial charge in [0.05, 0.1) is 23.3 Å². The predicted molar refractivity (Wildman–Crippen MR) is 68.7 cm³/mol. The molecule has 0 atom stereocenters. The summed E-state index contributed by atoms with van der Waals surface area (Å²) in [7, 11) is 0. The van der Waals surface area contributed by atoms with Crippen molar-refractivity contribution in [2.45, 2.75) is 12.8 Å². The van der Waals surface area contributed by atoms with E-state index in [4.69, 9.17) is 10.5 Å². The summed E-state index contributed by atoms with van der Waals surface area (Å²) in [5.41, 5.74) is 6.27. The van der Waals surface area contributed by atoms with Gasteiger partial charge in [-0.25, -0.2) is 0 Å². The Kier molecular flexibility index (Phi) is 2.36. The summed E-state index contributed by atoms with van der Waals surface area (Å²) in [5, 5.41) is 17.8. The zero-order valence-corrected chi connectivity index (χ0v) is 9.77. The molecule has 0 aromatic heterocycles. The van der Waals surface area contributed by atoms with Crippen LogP contribution >= 0.6 is 0 Å². The minimum Gasteiger partial charge on any atom is -0.192 e. The number of benzene rings is 2. The first-order valence-corrected chi connectivity index (χ1v) is 5.88. The van der Waals surface area contributed by atoms with Crippen LogP contribution in [-0.4, -0.2) is 0 Å². The van der Waals surface area contributed by atoms with Gasteiger partial charge in [0, 0.05) is 0 Å². The molecule has 84 valence electrons. The Morgan fingerprint density at radius 1 is 0.722 bits per heavy atom. The number of rotatable bonds is 0. The molecule has 0 spiro atoms. The largest absolute Gasteiger partial charge is 0.192 e. The monoisotopic (exact) mass is 230 g/mol. The highest BCUT2D eigenvalue weighted by Crippen LogP contribution is 2.34. The van der Waals surface area contributed by atoms with Crippen LogP contribution in [0.25, 0.3) is 11.1 Å². The van der Waals surface area contributed by atoms with Crippen molar-refractivity contribution in [2.24, 2.45) is 0 Å². The Bertz CT molecular complexity index is 651. The highest BCUT2D eigenvalue weighted by molar-refractivity contribution is 5.74. The van der Waals surface area contributed by atoms with Gasteiger partial charge in [-0.3, -0.25) is 0 Å². The predicted octanol–water partition coefficient (Wildman–Crippen LogP) is 3.20. The van der Waals surface area contributed by atoms with Gasteiger partial charge in [0.2, 0.25) is 0 Å². The average Bonchev–Trinajstić information content (AvgIpc) is 2.45. The van der Waals surface area contributed by atoms with Crippen molar-refractivity contribution in [1.82, 2.24) is 0 Å². The van der Waals surface area contributed by atoms with Gasteiger partial charge in [0.25, 0.3) is 0 Å². The van der Waals surface area contributed by atoms with Gasteiger partial charge >= 0.3 is 0 Å². The van der Waals surface area contributed by atoms with Gasteiger partial charge in [0.15, 0.2) is 0 Å². The molecule has 0 fully saturated rings. The molecule has 0 aliphatic heterocycles. The van der Waals surface area contributed by atoms with Gasteiger partial charge in [-0.15, -0.1) is 0 Å². The van der Waals surface area contributed by atoms with Crippen LogP contribution in [0.1, 0.15) is 22.3 Å². The van der Waals surface area contributed by atoms with E-state index in [1.165, 1.54) is 22.3 Å². The van der Waals surface area contributed by atoms with Gasteiger partial charge in [-0.2, -0.15) is 10.5 Å². The lowest BCUT2D eigenvalue weighted by Gasteiger charge is -2.20. The molecule has 18 heavy (non-hydrogen) atoms. The van der Waals surface area contributed by atoms with Gasteiger partial charge < -0.3 is 0 Å². The second-order valence-electron chi connectivity index (χ2n) is 4.47. The third-order valence-corrected chi connectivity index (χ3v) is 3.42. The lowest BCUT2D eigenvalue weighted by atomic mass is 9.84. The van der Waals surface area contributed by atoms with Crippen LogP contribution in [0.4, 0.5) is 0 Å². The maximum atomic E-state index is 8.92. The van der Waals surface area contributed by atoms with Crippen LogP contribution in [0.5, 0.6) is 0 Å². The second kappa shape index (κ2) is 4.02. The van der Waals surface area contributed by atoms with Gasteiger partial charge in [-0.05, 0) is 59.4 Å². The summed E-state index contributed by atoms with van der Waals surface area (Å²) in [6, 6.07) is 16.0. The van der Waals surface area contributed by atoms with Crippen LogP contribution in [0.3, 0.4) is 0 Å². The Morgan fingerprint density at radius 3 is 1.56 bits per heavy atom. The van der Waals surface area contributed by atoms with Crippen LogP contribution in [0.2, 0.25) is 0 Å². The van der Waals surface area contributed by atoms with Crippen LogP contribution in [0, 0.1) is 22.7 Å². The molecule has 1 aliphatic carbocycles. The minimum absolute atomic E-state index is 0.714. The molecular weight excluding hydrogens is 220 g/mol. The number of hydrogen-bond donors (Lipinski definition) is 0. The van der Waals surface area contributed by atoms with Gasteiger partial charge in [-0.1, -0.05) is 12.1 Å². The van der Waals surface area contributed by atoms with Crippen molar-refractivity contribution in [3.8, 4) is 23.3 Å². The number of fused-ring (bicyclic) bond motifs is 3. The molecule has 0 radical (unpaired) electrons. The van der Waals surface area contributed by atoms with E-state index >= 15 is 0 Å². The van der Waals surface area contributed by atoms with Crippen LogP contribution in [-0.2, 0) is 12.8 Å². The highest BCUT2D eigenvalue weighted by atomic mass is 14.3. The summed E-state index contributed by atoms with van der Waals surface area (Å²) >= 11 is 0. The molecule has 0 bridgehead atoms. The molecule has 0 unspecified atom stereocenters. The highest BCUT2D eigenvalue weighted by Gasteiger charge is 2.16. The van der Waals surface area contributed by atoms with Crippen LogP contribution in [0.15, 0.2) is 36.4 Å². The number of nitriles is 2. The molecule has 1 aliphatic rings. The van der Waals surface area contributed by atoms with Gasteiger partial charge in [0.1, 0.15) is 0 Å². The fourth-order valence-electron chi connectivity index (χ4n) is 2.54. The van der Waals surface area contributed by atoms with E-state index in [9.17, 15) is 0 Å². The van der Waals surface area contributed by atoms with E-state index in [0.717, 1.165) is 12.8 Å². The summed E-state index contributed by atoms with van der Waals surface area (Å²) < 4.78 is 0. The lowest BCUT2D eigenvalue weighted by molar-refractivity contribution is 0.940. The molecule has 2 heteroatoms. The third kappa shape index (κ3) is 1.56. The summed E-state index contributed by atoms with van der Waals surface area (Å²) in [6.45, 7) is 0. The Balaban J connectivity index is 2.19. The van der Waals surface area contributed by atoms with Crippen LogP contribution < -0.4 is 0 Å². The Morgan fingerprint density at radius 2 is 1.17 bits per heavy atom. The minimum atomic E-state index is 0.714. The standard InChI is InChI=1S/C16H10N2/c17-9-11-1-5-15-13(7-11)3-4-14-8-12(10-18)2-6-16(14)15/h1-2,5-8H,3-4H2. The average molecular weight is 230 g/mol. The van der Waals surface area contributed by atoms with Crippen molar-refractivity contribution >= 4 is 0 Å². The second-order valence-corrected chi connectivity index (χ2v) is 4.47. The summed E-state index contributed by atoms with van der Waals surface area (Å²) in [5.74, 6) is 0. The Labute approximate surface area is 106 Å². The number of aryl methyl sites for hydroxylation is 2. The lowest BCUT2D eigenvalue weighted by Crippen LogP contribution is -2.04. The quantitative estimate of drug-likeness (QED) is 0.697. The molecule has 2 aromatic rings. The van der Waals surface area contributed by atoms with Crippen molar-refractivity contribution in [2.75, 3.05) is 0 Å². The molecule has 3 rings (SSSR count). The molecule has 0 saturated heterocycles. The SMILES string of the molecule is N#Cc1ccc2c(c1)CCc1cc(C#N)ccc1-2. The first kappa shape index (κ1) is 10.6. The fraction of sp³-hybridized carbons (Fsp3) is 0.125. The topological polar surface area (TPSA) is 47.6 Å². The number of hydrogen-bond acceptors (Lipinski definition) is 2. The van der Waals surface area contributed by atoms with E-state index in [2.05, 4.69) is 12.1 Å². The molecular formula is C16H10N2. The third-order valence-electron chi connectivity index (χ3n) is 3.42. The molecule has 0 N–H and O–H groups in total. The first-order chi connectivity index (χ1) is 8.81. The zero-order chi connectivity index (χ0) is 12.5. The zero-order valence-electron chi connectivity index (χ0n) is 9.77. The molecule has 0 saturated carbocycles. The van der Waals surface area contributed by atoms with Crippen molar-refractivity contribution in [1.29, 1.82) is 10.5 Å². The summed E-state index contributed by atoms with van der Waals surface area (Å²) in [6.07, 6.45) is 1.87. The molecule has 0 heterocycles. The molecule has 2 nitrogen and oxygen atoms in total. The van der Waals surface area contributed by atoms with Crippen molar-refractivity contribution in [3.63, 3.8) is 0 Å². The Hall–Kier alpha value is -2.58. The van der Waals surface area contributed by atoms with Crippen molar-refractivity contribution < 1.29 is 0 Å². The van der Waals surface area contributed by atoms with E-state index in [1.54, 1.807) is 0 Å². The normalized spacial score (nSPS) is 11.9. The van der Waals surface area contributed by atoms with E-state index in [0.29, 0.717) is 11.1 Å². The first-order valence-electron chi connectivity index (χ1n) is 5.88. The fourth-order valence-corrected chi connectivity index (χ4v) is 2.54. The number of nitrogens with zero attached hydrogens (tertiary/aromatic N) is 2. The smallest absolute Gasteiger partial charge is 0.0991 e. The molecule has 0 amide bonds. The molecule has 2 aromatic carbocycles. The van der Waals surface area contributed by atoms with E-state index in [1.807, 2.05) is 36.4 Å².